The number of methoxy groups -OCH3 is 1. The zero-order valence-corrected chi connectivity index (χ0v) is 11.1. The molecule has 2 aromatic rings. The van der Waals surface area contributed by atoms with Gasteiger partial charge in [0.1, 0.15) is 24.4 Å². The fraction of sp³-hybridized carbons (Fsp3) is 0.375. The molecule has 4 rings (SSSR count). The molecule has 2 N–H and O–H groups in total. The van der Waals surface area contributed by atoms with Crippen molar-refractivity contribution < 1.29 is 19.7 Å². The molecule has 20 heavy (non-hydrogen) atoms. The number of hydrogen-bond donors (Lipinski definition) is 2. The summed E-state index contributed by atoms with van der Waals surface area (Å²) in [5.41, 5.74) is -0.279. The van der Waals surface area contributed by atoms with Gasteiger partial charge >= 0.3 is 0 Å². The Morgan fingerprint density at radius 1 is 1.15 bits per heavy atom. The summed E-state index contributed by atoms with van der Waals surface area (Å²) in [7, 11) is 1.54. The molecule has 0 aromatic heterocycles. The summed E-state index contributed by atoms with van der Waals surface area (Å²) in [6.45, 7) is 0. The average Bonchev–Trinajstić information content (AvgIpc) is 2.86. The molecule has 4 heteroatoms. The zero-order valence-electron chi connectivity index (χ0n) is 11.1. The van der Waals surface area contributed by atoms with Gasteiger partial charge in [-0.2, -0.15) is 0 Å². The lowest BCUT2D eigenvalue weighted by Gasteiger charge is -2.25. The molecular formula is C16H16O4. The largest absolute Gasteiger partial charge is 0.387 e. The summed E-state index contributed by atoms with van der Waals surface area (Å²) in [5.74, 6) is 0. The number of aliphatic hydroxyl groups excluding tert-OH is 1. The minimum atomic E-state index is -1.27. The Labute approximate surface area is 116 Å². The number of rotatable bonds is 2. The van der Waals surface area contributed by atoms with E-state index in [2.05, 4.69) is 0 Å². The van der Waals surface area contributed by atoms with E-state index in [0.717, 1.165) is 16.3 Å². The Hall–Kier alpha value is -1.46. The predicted octanol–water partition coefficient (Wildman–Crippen LogP) is 1.40. The van der Waals surface area contributed by atoms with Gasteiger partial charge in [0, 0.05) is 7.11 Å². The third-order valence-electron chi connectivity index (χ3n) is 4.51. The monoisotopic (exact) mass is 272 g/mol. The SMILES string of the molecule is CO[C@H]1[C@H](c2cccc3ccccc23)O[C@@H]2C(O)[C@@]21O. The van der Waals surface area contributed by atoms with E-state index in [4.69, 9.17) is 9.47 Å². The van der Waals surface area contributed by atoms with E-state index in [-0.39, 0.29) is 6.10 Å². The summed E-state index contributed by atoms with van der Waals surface area (Å²) >= 11 is 0. The molecule has 4 nitrogen and oxygen atoms in total. The van der Waals surface area contributed by atoms with Crippen molar-refractivity contribution in [1.82, 2.24) is 0 Å². The molecule has 1 aliphatic heterocycles. The van der Waals surface area contributed by atoms with Gasteiger partial charge in [-0.05, 0) is 16.3 Å². The highest BCUT2D eigenvalue weighted by atomic mass is 16.6. The minimum absolute atomic E-state index is 0.357. The fourth-order valence-corrected chi connectivity index (χ4v) is 3.38. The molecule has 5 atom stereocenters. The Morgan fingerprint density at radius 2 is 1.90 bits per heavy atom. The van der Waals surface area contributed by atoms with Crippen LogP contribution in [0, 0.1) is 0 Å². The number of fused-ring (bicyclic) bond motifs is 2. The molecule has 0 bridgehead atoms. The van der Waals surface area contributed by atoms with Crippen molar-refractivity contribution in [3.05, 3.63) is 48.0 Å². The first-order valence-electron chi connectivity index (χ1n) is 6.74. The van der Waals surface area contributed by atoms with Crippen LogP contribution in [-0.2, 0) is 9.47 Å². The molecular weight excluding hydrogens is 256 g/mol. The van der Waals surface area contributed by atoms with Gasteiger partial charge in [-0.3, -0.25) is 0 Å². The third-order valence-corrected chi connectivity index (χ3v) is 4.51. The van der Waals surface area contributed by atoms with Crippen LogP contribution in [-0.4, -0.2) is 41.2 Å². The number of benzene rings is 2. The van der Waals surface area contributed by atoms with Crippen molar-refractivity contribution >= 4 is 10.8 Å². The first-order chi connectivity index (χ1) is 9.67. The lowest BCUT2D eigenvalue weighted by Crippen LogP contribution is -2.36. The highest BCUT2D eigenvalue weighted by Crippen LogP contribution is 2.56. The van der Waals surface area contributed by atoms with Crippen molar-refractivity contribution in [1.29, 1.82) is 0 Å². The molecule has 2 aromatic carbocycles. The Morgan fingerprint density at radius 3 is 2.70 bits per heavy atom. The van der Waals surface area contributed by atoms with Crippen LogP contribution in [0.4, 0.5) is 0 Å². The van der Waals surface area contributed by atoms with Crippen LogP contribution in [0.1, 0.15) is 11.7 Å². The molecule has 1 unspecified atom stereocenters. The van der Waals surface area contributed by atoms with Gasteiger partial charge in [0.15, 0.2) is 5.60 Å². The van der Waals surface area contributed by atoms with E-state index in [9.17, 15) is 10.2 Å². The lowest BCUT2D eigenvalue weighted by atomic mass is 9.95. The van der Waals surface area contributed by atoms with Gasteiger partial charge in [-0.25, -0.2) is 0 Å². The van der Waals surface area contributed by atoms with Gasteiger partial charge in [-0.15, -0.1) is 0 Å². The zero-order chi connectivity index (χ0) is 13.9. The van der Waals surface area contributed by atoms with Crippen LogP contribution in [0.3, 0.4) is 0 Å². The molecule has 1 heterocycles. The van der Waals surface area contributed by atoms with Gasteiger partial charge < -0.3 is 19.7 Å². The Bertz CT molecular complexity index is 665. The lowest BCUT2D eigenvalue weighted by molar-refractivity contribution is -0.0857. The summed E-state index contributed by atoms with van der Waals surface area (Å²) in [5, 5.41) is 22.3. The van der Waals surface area contributed by atoms with Crippen molar-refractivity contribution in [2.24, 2.45) is 0 Å². The van der Waals surface area contributed by atoms with Crippen LogP contribution in [0.15, 0.2) is 42.5 Å². The summed E-state index contributed by atoms with van der Waals surface area (Å²) < 4.78 is 11.2. The average molecular weight is 272 g/mol. The Balaban J connectivity index is 1.81. The highest BCUT2D eigenvalue weighted by molar-refractivity contribution is 5.86. The molecule has 104 valence electrons. The first kappa shape index (κ1) is 12.3. The minimum Gasteiger partial charge on any atom is -0.387 e. The van der Waals surface area contributed by atoms with E-state index in [1.165, 1.54) is 7.11 Å². The molecule has 1 saturated heterocycles. The van der Waals surface area contributed by atoms with Gasteiger partial charge in [-0.1, -0.05) is 42.5 Å². The van der Waals surface area contributed by atoms with Crippen molar-refractivity contribution in [2.75, 3.05) is 7.11 Å². The molecule has 1 saturated carbocycles. The second-order valence-corrected chi connectivity index (χ2v) is 5.53. The number of ether oxygens (including phenoxy) is 2. The quantitative estimate of drug-likeness (QED) is 0.867. The maximum atomic E-state index is 10.4. The Kier molecular flexibility index (Phi) is 2.47. The van der Waals surface area contributed by atoms with Crippen LogP contribution in [0.5, 0.6) is 0 Å². The van der Waals surface area contributed by atoms with Crippen LogP contribution in [0.25, 0.3) is 10.8 Å². The second kappa shape index (κ2) is 4.02. The van der Waals surface area contributed by atoms with Gasteiger partial charge in [0.05, 0.1) is 0 Å². The number of aliphatic hydroxyl groups is 2. The maximum Gasteiger partial charge on any atom is 0.151 e. The van der Waals surface area contributed by atoms with E-state index in [1.807, 2.05) is 42.5 Å². The highest BCUT2D eigenvalue weighted by Gasteiger charge is 2.77. The van der Waals surface area contributed by atoms with E-state index in [0.29, 0.717) is 0 Å². The summed E-state index contributed by atoms with van der Waals surface area (Å²) in [4.78, 5) is 0. The fourth-order valence-electron chi connectivity index (χ4n) is 3.38. The summed E-state index contributed by atoms with van der Waals surface area (Å²) in [6, 6.07) is 14.0. The molecule has 1 aliphatic carbocycles. The standard InChI is InChI=1S/C16H16O4/c1-19-14-12(20-15-13(17)16(14,15)18)11-8-4-6-9-5-2-3-7-10(9)11/h2-8,12-15,17-18H,1H3/t12-,13?,14-,15+,16-/m0/s1. The normalized spacial score (nSPS) is 39.0. The topological polar surface area (TPSA) is 58.9 Å². The molecule has 2 aliphatic rings. The van der Waals surface area contributed by atoms with Crippen molar-refractivity contribution in [3.8, 4) is 0 Å². The first-order valence-corrected chi connectivity index (χ1v) is 6.74. The molecule has 2 fully saturated rings. The number of hydrogen-bond acceptors (Lipinski definition) is 4. The molecule has 0 radical (unpaired) electrons. The summed E-state index contributed by atoms with van der Waals surface area (Å²) in [6.07, 6.45) is -2.30. The second-order valence-electron chi connectivity index (χ2n) is 5.53. The molecule has 0 spiro atoms. The van der Waals surface area contributed by atoms with E-state index >= 15 is 0 Å². The maximum absolute atomic E-state index is 10.4. The van der Waals surface area contributed by atoms with Crippen molar-refractivity contribution in [3.63, 3.8) is 0 Å². The van der Waals surface area contributed by atoms with Crippen molar-refractivity contribution in [2.45, 2.75) is 30.0 Å². The third kappa shape index (κ3) is 1.39. The van der Waals surface area contributed by atoms with E-state index in [1.54, 1.807) is 0 Å². The smallest absolute Gasteiger partial charge is 0.151 e. The van der Waals surface area contributed by atoms with Gasteiger partial charge in [0.2, 0.25) is 0 Å². The predicted molar refractivity (Wildman–Crippen MR) is 73.3 cm³/mol. The van der Waals surface area contributed by atoms with Crippen LogP contribution < -0.4 is 0 Å². The molecule has 0 amide bonds. The van der Waals surface area contributed by atoms with Crippen LogP contribution >= 0.6 is 0 Å². The van der Waals surface area contributed by atoms with E-state index < -0.39 is 23.9 Å². The van der Waals surface area contributed by atoms with Crippen LogP contribution in [0.2, 0.25) is 0 Å². The van der Waals surface area contributed by atoms with Gasteiger partial charge in [0.25, 0.3) is 0 Å².